The summed E-state index contributed by atoms with van der Waals surface area (Å²) in [7, 11) is 6.38. The first-order valence-corrected chi connectivity index (χ1v) is 9.15. The Morgan fingerprint density at radius 2 is 1.62 bits per heavy atom. The van der Waals surface area contributed by atoms with E-state index in [4.69, 9.17) is 14.2 Å². The normalized spacial score (nSPS) is 14.1. The third-order valence-electron chi connectivity index (χ3n) is 5.28. The van der Waals surface area contributed by atoms with Crippen LogP contribution in [-0.4, -0.2) is 44.1 Å². The number of likely N-dealkylation sites (N-methyl/N-ethyl adjacent to an activating group) is 1. The molecular formula is C21H24N2O6. The molecule has 0 aromatic heterocycles. The van der Waals surface area contributed by atoms with Crippen LogP contribution in [0.25, 0.3) is 0 Å². The second-order valence-electron chi connectivity index (χ2n) is 7.08. The third kappa shape index (κ3) is 3.83. The standard InChI is InChI=1S/C21H24N2O6/c1-22(13-14-11-17(27-2)19(29-4)18(12-14)28-3)20(24)21(9-10-21)15-5-7-16(8-6-15)23(25)26/h5-8,11-12H,9-10,13H2,1-4H3. The fraction of sp³-hybridized carbons (Fsp3) is 0.381. The second kappa shape index (κ2) is 7.98. The Morgan fingerprint density at radius 3 is 2.03 bits per heavy atom. The zero-order chi connectivity index (χ0) is 21.2. The number of nitro groups is 1. The maximum absolute atomic E-state index is 13.2. The van der Waals surface area contributed by atoms with Crippen LogP contribution in [0.1, 0.15) is 24.0 Å². The van der Waals surface area contributed by atoms with Gasteiger partial charge in [0, 0.05) is 25.7 Å². The topological polar surface area (TPSA) is 91.1 Å². The monoisotopic (exact) mass is 400 g/mol. The van der Waals surface area contributed by atoms with E-state index in [-0.39, 0.29) is 11.6 Å². The number of non-ortho nitro benzene ring substituents is 1. The van der Waals surface area contributed by atoms with Gasteiger partial charge in [-0.3, -0.25) is 14.9 Å². The molecular weight excluding hydrogens is 376 g/mol. The van der Waals surface area contributed by atoms with Gasteiger partial charge in [-0.2, -0.15) is 0 Å². The van der Waals surface area contributed by atoms with E-state index in [0.717, 1.165) is 24.0 Å². The van der Waals surface area contributed by atoms with Gasteiger partial charge < -0.3 is 19.1 Å². The van der Waals surface area contributed by atoms with E-state index in [1.54, 1.807) is 38.3 Å². The van der Waals surface area contributed by atoms with Crippen molar-refractivity contribution in [2.24, 2.45) is 0 Å². The number of hydrogen-bond donors (Lipinski definition) is 0. The van der Waals surface area contributed by atoms with Crippen LogP contribution in [-0.2, 0) is 16.8 Å². The van der Waals surface area contributed by atoms with Crippen LogP contribution in [0, 0.1) is 10.1 Å². The molecule has 0 aliphatic heterocycles. The summed E-state index contributed by atoms with van der Waals surface area (Å²) in [6.07, 6.45) is 1.45. The molecule has 1 fully saturated rings. The fourth-order valence-corrected chi connectivity index (χ4v) is 3.59. The molecule has 3 rings (SSSR count). The van der Waals surface area contributed by atoms with E-state index in [0.29, 0.717) is 23.8 Å². The minimum absolute atomic E-state index is 0.0138. The van der Waals surface area contributed by atoms with Crippen LogP contribution in [0.3, 0.4) is 0 Å². The molecule has 1 aliphatic rings. The van der Waals surface area contributed by atoms with Gasteiger partial charge in [-0.25, -0.2) is 0 Å². The van der Waals surface area contributed by atoms with Crippen molar-refractivity contribution in [3.05, 3.63) is 57.6 Å². The molecule has 2 aromatic carbocycles. The molecule has 0 spiro atoms. The molecule has 154 valence electrons. The molecule has 0 atom stereocenters. The Balaban J connectivity index is 1.81. The van der Waals surface area contributed by atoms with Crippen molar-refractivity contribution in [1.82, 2.24) is 4.90 Å². The number of nitro benzene ring substituents is 1. The van der Waals surface area contributed by atoms with Crippen molar-refractivity contribution in [3.63, 3.8) is 0 Å². The third-order valence-corrected chi connectivity index (χ3v) is 5.28. The number of methoxy groups -OCH3 is 3. The molecule has 0 N–H and O–H groups in total. The first kappa shape index (κ1) is 20.4. The van der Waals surface area contributed by atoms with Gasteiger partial charge in [-0.15, -0.1) is 0 Å². The SMILES string of the molecule is COc1cc(CN(C)C(=O)C2(c3ccc([N+](=O)[O-])cc3)CC2)cc(OC)c1OC. The Hall–Kier alpha value is -3.29. The lowest BCUT2D eigenvalue weighted by molar-refractivity contribution is -0.384. The van der Waals surface area contributed by atoms with E-state index in [1.807, 2.05) is 12.1 Å². The van der Waals surface area contributed by atoms with Gasteiger partial charge in [0.1, 0.15) is 0 Å². The Morgan fingerprint density at radius 1 is 1.07 bits per heavy atom. The van der Waals surface area contributed by atoms with Crippen molar-refractivity contribution >= 4 is 11.6 Å². The second-order valence-corrected chi connectivity index (χ2v) is 7.08. The molecule has 0 saturated heterocycles. The molecule has 0 radical (unpaired) electrons. The average Bonchev–Trinajstić information content (AvgIpc) is 3.54. The number of carbonyl (C=O) groups excluding carboxylic acids is 1. The first-order valence-electron chi connectivity index (χ1n) is 9.15. The van der Waals surface area contributed by atoms with Gasteiger partial charge in [0.2, 0.25) is 11.7 Å². The largest absolute Gasteiger partial charge is 0.493 e. The predicted octanol–water partition coefficient (Wildman–Crippen LogP) is 3.31. The van der Waals surface area contributed by atoms with Crippen molar-refractivity contribution in [3.8, 4) is 17.2 Å². The number of benzene rings is 2. The van der Waals surface area contributed by atoms with E-state index < -0.39 is 10.3 Å². The van der Waals surface area contributed by atoms with Gasteiger partial charge in [-0.05, 0) is 36.1 Å². The van der Waals surface area contributed by atoms with E-state index in [9.17, 15) is 14.9 Å². The molecule has 0 heterocycles. The fourth-order valence-electron chi connectivity index (χ4n) is 3.59. The van der Waals surface area contributed by atoms with Gasteiger partial charge in [-0.1, -0.05) is 12.1 Å². The maximum atomic E-state index is 13.2. The van der Waals surface area contributed by atoms with E-state index in [2.05, 4.69) is 0 Å². The lowest BCUT2D eigenvalue weighted by Gasteiger charge is -2.24. The van der Waals surface area contributed by atoms with Crippen LogP contribution in [0.5, 0.6) is 17.2 Å². The van der Waals surface area contributed by atoms with Crippen molar-refractivity contribution in [1.29, 1.82) is 0 Å². The first-order chi connectivity index (χ1) is 13.9. The minimum Gasteiger partial charge on any atom is -0.493 e. The summed E-state index contributed by atoms with van der Waals surface area (Å²) in [6, 6.07) is 9.88. The van der Waals surface area contributed by atoms with Gasteiger partial charge >= 0.3 is 0 Å². The van der Waals surface area contributed by atoms with Crippen LogP contribution < -0.4 is 14.2 Å². The molecule has 0 unspecified atom stereocenters. The summed E-state index contributed by atoms with van der Waals surface area (Å²) in [4.78, 5) is 25.3. The molecule has 29 heavy (non-hydrogen) atoms. The number of ether oxygens (including phenoxy) is 3. The Kier molecular flexibility index (Phi) is 5.63. The van der Waals surface area contributed by atoms with E-state index >= 15 is 0 Å². The molecule has 8 nitrogen and oxygen atoms in total. The van der Waals surface area contributed by atoms with Crippen molar-refractivity contribution in [2.45, 2.75) is 24.8 Å². The zero-order valence-electron chi connectivity index (χ0n) is 16.9. The molecule has 1 amide bonds. The van der Waals surface area contributed by atoms with E-state index in [1.165, 1.54) is 19.2 Å². The maximum Gasteiger partial charge on any atom is 0.269 e. The quantitative estimate of drug-likeness (QED) is 0.499. The molecule has 1 aliphatic carbocycles. The smallest absolute Gasteiger partial charge is 0.269 e. The summed E-state index contributed by atoms with van der Waals surface area (Å²) >= 11 is 0. The van der Waals surface area contributed by atoms with Crippen molar-refractivity contribution in [2.75, 3.05) is 28.4 Å². The summed E-state index contributed by atoms with van der Waals surface area (Å²) in [5.74, 6) is 1.54. The number of nitrogens with zero attached hydrogens (tertiary/aromatic N) is 2. The summed E-state index contributed by atoms with van der Waals surface area (Å²) < 4.78 is 16.1. The predicted molar refractivity (Wildman–Crippen MR) is 107 cm³/mol. The Bertz CT molecular complexity index is 896. The zero-order valence-corrected chi connectivity index (χ0v) is 16.9. The van der Waals surface area contributed by atoms with Crippen LogP contribution in [0.15, 0.2) is 36.4 Å². The number of amides is 1. The molecule has 2 aromatic rings. The van der Waals surface area contributed by atoms with Crippen molar-refractivity contribution < 1.29 is 23.9 Å². The highest BCUT2D eigenvalue weighted by Crippen LogP contribution is 2.50. The summed E-state index contributed by atoms with van der Waals surface area (Å²) in [5.41, 5.74) is 1.06. The summed E-state index contributed by atoms with van der Waals surface area (Å²) in [6.45, 7) is 0.365. The lowest BCUT2D eigenvalue weighted by atomic mass is 9.94. The molecule has 1 saturated carbocycles. The highest BCUT2D eigenvalue weighted by molar-refractivity contribution is 5.91. The van der Waals surface area contributed by atoms with Gasteiger partial charge in [0.25, 0.3) is 5.69 Å². The van der Waals surface area contributed by atoms with Gasteiger partial charge in [0.05, 0.1) is 31.7 Å². The number of carbonyl (C=O) groups is 1. The van der Waals surface area contributed by atoms with Crippen LogP contribution >= 0.6 is 0 Å². The van der Waals surface area contributed by atoms with Crippen LogP contribution in [0.2, 0.25) is 0 Å². The van der Waals surface area contributed by atoms with Gasteiger partial charge in [0.15, 0.2) is 11.5 Å². The average molecular weight is 400 g/mol. The van der Waals surface area contributed by atoms with Crippen LogP contribution in [0.4, 0.5) is 5.69 Å². The summed E-state index contributed by atoms with van der Waals surface area (Å²) in [5, 5.41) is 10.9. The number of hydrogen-bond acceptors (Lipinski definition) is 6. The molecule has 0 bridgehead atoms. The Labute approximate surface area is 169 Å². The number of rotatable bonds is 8. The minimum atomic E-state index is -0.607. The lowest BCUT2D eigenvalue weighted by Crippen LogP contribution is -2.36. The molecule has 8 heteroatoms. The highest BCUT2D eigenvalue weighted by atomic mass is 16.6. The highest BCUT2D eigenvalue weighted by Gasteiger charge is 2.52.